The summed E-state index contributed by atoms with van der Waals surface area (Å²) in [6.45, 7) is 10.3. The van der Waals surface area contributed by atoms with E-state index in [9.17, 15) is 0 Å². The first kappa shape index (κ1) is 13.6. The van der Waals surface area contributed by atoms with Gasteiger partial charge in [0.1, 0.15) is 0 Å². The minimum Gasteiger partial charge on any atom is -0.314 e. The van der Waals surface area contributed by atoms with E-state index in [1.165, 1.54) is 60.9 Å². The molecule has 0 aromatic heterocycles. The zero-order valence-corrected chi connectivity index (χ0v) is 12.4. The first-order valence-electron chi connectivity index (χ1n) is 7.39. The highest BCUT2D eigenvalue weighted by molar-refractivity contribution is 5.44. The molecule has 1 aromatic carbocycles. The fourth-order valence-corrected chi connectivity index (χ4v) is 3.16. The Morgan fingerprint density at radius 2 is 1.72 bits per heavy atom. The van der Waals surface area contributed by atoms with E-state index in [1.54, 1.807) is 5.56 Å². The molecule has 1 nitrogen and oxygen atoms in total. The van der Waals surface area contributed by atoms with Crippen LogP contribution in [0, 0.1) is 27.7 Å². The van der Waals surface area contributed by atoms with Gasteiger partial charge in [0.05, 0.1) is 0 Å². The molecule has 0 radical (unpaired) electrons. The monoisotopic (exact) mass is 245 g/mol. The molecular weight excluding hydrogens is 218 g/mol. The molecule has 1 aromatic rings. The third-order valence-electron chi connectivity index (χ3n) is 4.68. The minimum atomic E-state index is 0.748. The molecule has 1 aliphatic heterocycles. The molecule has 1 heteroatoms. The van der Waals surface area contributed by atoms with Crippen molar-refractivity contribution in [2.24, 2.45) is 0 Å². The fourth-order valence-electron chi connectivity index (χ4n) is 3.16. The zero-order valence-electron chi connectivity index (χ0n) is 12.4. The molecule has 1 unspecified atom stereocenters. The van der Waals surface area contributed by atoms with Crippen LogP contribution in [0.3, 0.4) is 0 Å². The van der Waals surface area contributed by atoms with Gasteiger partial charge in [-0.05, 0) is 87.7 Å². The standard InChI is InChI=1S/C17H27N/c1-12-11-13(2)15(4)17(14(12)3)9-8-16-7-5-6-10-18-16/h11,16,18H,5-10H2,1-4H3. The first-order chi connectivity index (χ1) is 8.59. The second-order valence-electron chi connectivity index (χ2n) is 5.92. The molecule has 0 aliphatic carbocycles. The lowest BCUT2D eigenvalue weighted by molar-refractivity contribution is 0.382. The summed E-state index contributed by atoms with van der Waals surface area (Å²) < 4.78 is 0. The Bertz CT molecular complexity index is 388. The van der Waals surface area contributed by atoms with E-state index in [0.717, 1.165) is 6.04 Å². The SMILES string of the molecule is Cc1cc(C)c(C)c(CCC2CCCCN2)c1C. The van der Waals surface area contributed by atoms with Gasteiger partial charge in [-0.3, -0.25) is 0 Å². The summed E-state index contributed by atoms with van der Waals surface area (Å²) >= 11 is 0. The van der Waals surface area contributed by atoms with Crippen molar-refractivity contribution in [2.75, 3.05) is 6.54 Å². The smallest absolute Gasteiger partial charge is 0.00702 e. The van der Waals surface area contributed by atoms with Gasteiger partial charge in [-0.1, -0.05) is 12.5 Å². The predicted molar refractivity (Wildman–Crippen MR) is 79.4 cm³/mol. The summed E-state index contributed by atoms with van der Waals surface area (Å²) in [6, 6.07) is 3.07. The summed E-state index contributed by atoms with van der Waals surface area (Å²) in [4.78, 5) is 0. The minimum absolute atomic E-state index is 0.748. The lowest BCUT2D eigenvalue weighted by atomic mass is 9.89. The molecule has 1 heterocycles. The molecular formula is C17H27N. The van der Waals surface area contributed by atoms with Crippen LogP contribution in [0.15, 0.2) is 6.07 Å². The Balaban J connectivity index is 2.08. The molecule has 0 spiro atoms. The lowest BCUT2D eigenvalue weighted by Crippen LogP contribution is -2.34. The van der Waals surface area contributed by atoms with Crippen molar-refractivity contribution < 1.29 is 0 Å². The molecule has 1 N–H and O–H groups in total. The highest BCUT2D eigenvalue weighted by atomic mass is 14.9. The van der Waals surface area contributed by atoms with Gasteiger partial charge in [-0.15, -0.1) is 0 Å². The number of rotatable bonds is 3. The normalized spacial score (nSPS) is 20.1. The van der Waals surface area contributed by atoms with Crippen LogP contribution < -0.4 is 5.32 Å². The second kappa shape index (κ2) is 5.88. The third-order valence-corrected chi connectivity index (χ3v) is 4.68. The number of nitrogens with one attached hydrogen (secondary N) is 1. The van der Waals surface area contributed by atoms with E-state index < -0.39 is 0 Å². The first-order valence-corrected chi connectivity index (χ1v) is 7.39. The van der Waals surface area contributed by atoms with Crippen molar-refractivity contribution in [3.63, 3.8) is 0 Å². The maximum atomic E-state index is 3.66. The van der Waals surface area contributed by atoms with Gasteiger partial charge in [0.2, 0.25) is 0 Å². The van der Waals surface area contributed by atoms with Crippen LogP contribution in [0.2, 0.25) is 0 Å². The number of piperidine rings is 1. The fraction of sp³-hybridized carbons (Fsp3) is 0.647. The van der Waals surface area contributed by atoms with Gasteiger partial charge < -0.3 is 5.32 Å². The van der Waals surface area contributed by atoms with Crippen LogP contribution in [0.5, 0.6) is 0 Å². The Labute approximate surface area is 112 Å². The molecule has 1 fully saturated rings. The van der Waals surface area contributed by atoms with Gasteiger partial charge in [-0.25, -0.2) is 0 Å². The Morgan fingerprint density at radius 1 is 1.06 bits per heavy atom. The van der Waals surface area contributed by atoms with E-state index in [2.05, 4.69) is 39.1 Å². The van der Waals surface area contributed by atoms with Crippen molar-refractivity contribution in [3.05, 3.63) is 33.9 Å². The number of hydrogen-bond acceptors (Lipinski definition) is 1. The molecule has 0 amide bonds. The lowest BCUT2D eigenvalue weighted by Gasteiger charge is -2.24. The van der Waals surface area contributed by atoms with Crippen molar-refractivity contribution in [1.29, 1.82) is 0 Å². The number of aryl methyl sites for hydroxylation is 2. The summed E-state index contributed by atoms with van der Waals surface area (Å²) in [5, 5.41) is 3.66. The molecule has 1 aliphatic rings. The van der Waals surface area contributed by atoms with E-state index >= 15 is 0 Å². The highest BCUT2D eigenvalue weighted by Crippen LogP contribution is 2.24. The van der Waals surface area contributed by atoms with Crippen LogP contribution in [0.4, 0.5) is 0 Å². The number of benzene rings is 1. The average molecular weight is 245 g/mol. The molecule has 0 bridgehead atoms. The van der Waals surface area contributed by atoms with E-state index in [4.69, 9.17) is 0 Å². The predicted octanol–water partition coefficient (Wildman–Crippen LogP) is 3.99. The molecule has 2 rings (SSSR count). The van der Waals surface area contributed by atoms with Crippen LogP contribution in [0.25, 0.3) is 0 Å². The van der Waals surface area contributed by atoms with Crippen LogP contribution in [-0.4, -0.2) is 12.6 Å². The Kier molecular flexibility index (Phi) is 4.45. The number of hydrogen-bond donors (Lipinski definition) is 1. The van der Waals surface area contributed by atoms with Gasteiger partial charge in [0, 0.05) is 6.04 Å². The average Bonchev–Trinajstić information content (AvgIpc) is 2.38. The quantitative estimate of drug-likeness (QED) is 0.849. The van der Waals surface area contributed by atoms with Crippen LogP contribution in [-0.2, 0) is 6.42 Å². The van der Waals surface area contributed by atoms with Gasteiger partial charge in [-0.2, -0.15) is 0 Å². The van der Waals surface area contributed by atoms with Crippen LogP contribution >= 0.6 is 0 Å². The summed E-state index contributed by atoms with van der Waals surface area (Å²) in [6.07, 6.45) is 6.66. The summed E-state index contributed by atoms with van der Waals surface area (Å²) in [5.41, 5.74) is 7.51. The van der Waals surface area contributed by atoms with Crippen molar-refractivity contribution in [3.8, 4) is 0 Å². The van der Waals surface area contributed by atoms with Crippen molar-refractivity contribution >= 4 is 0 Å². The van der Waals surface area contributed by atoms with Crippen LogP contribution in [0.1, 0.15) is 53.5 Å². The summed E-state index contributed by atoms with van der Waals surface area (Å²) in [5.74, 6) is 0. The Morgan fingerprint density at radius 3 is 2.28 bits per heavy atom. The molecule has 18 heavy (non-hydrogen) atoms. The molecule has 0 saturated carbocycles. The molecule has 1 saturated heterocycles. The zero-order chi connectivity index (χ0) is 13.1. The van der Waals surface area contributed by atoms with Crippen molar-refractivity contribution in [1.82, 2.24) is 5.32 Å². The Hall–Kier alpha value is -0.820. The maximum Gasteiger partial charge on any atom is 0.00702 e. The van der Waals surface area contributed by atoms with Crippen molar-refractivity contribution in [2.45, 2.75) is 65.8 Å². The van der Waals surface area contributed by atoms with Gasteiger partial charge in [0.15, 0.2) is 0 Å². The molecule has 1 atom stereocenters. The third kappa shape index (κ3) is 2.95. The van der Waals surface area contributed by atoms with Gasteiger partial charge in [0.25, 0.3) is 0 Å². The van der Waals surface area contributed by atoms with Gasteiger partial charge >= 0.3 is 0 Å². The maximum absolute atomic E-state index is 3.66. The molecule has 100 valence electrons. The topological polar surface area (TPSA) is 12.0 Å². The largest absolute Gasteiger partial charge is 0.314 e. The van der Waals surface area contributed by atoms with E-state index in [1.807, 2.05) is 0 Å². The second-order valence-corrected chi connectivity index (χ2v) is 5.92. The van der Waals surface area contributed by atoms with E-state index in [0.29, 0.717) is 0 Å². The van der Waals surface area contributed by atoms with E-state index in [-0.39, 0.29) is 0 Å². The highest BCUT2D eigenvalue weighted by Gasteiger charge is 2.14. The summed E-state index contributed by atoms with van der Waals surface area (Å²) in [7, 11) is 0.